The van der Waals surface area contributed by atoms with Gasteiger partial charge in [-0.3, -0.25) is 4.79 Å². The molecule has 0 saturated heterocycles. The molecule has 2 heteroatoms. The van der Waals surface area contributed by atoms with Crippen molar-refractivity contribution in [2.45, 2.75) is 57.7 Å². The highest BCUT2D eigenvalue weighted by atomic mass is 16.5. The number of carbonyl (C=O) groups excluding carboxylic acids is 1. The lowest BCUT2D eigenvalue weighted by atomic mass is 9.84. The number of carbonyl (C=O) groups is 1. The number of ketones is 1. The van der Waals surface area contributed by atoms with Crippen molar-refractivity contribution in [3.63, 3.8) is 0 Å². The molecule has 0 aromatic rings. The zero-order valence-electron chi connectivity index (χ0n) is 8.29. The molecule has 2 saturated carbocycles. The SMILES string of the molecule is CCC1CCC(=O)CC1OC1CC1. The van der Waals surface area contributed by atoms with E-state index in [1.165, 1.54) is 12.8 Å². The van der Waals surface area contributed by atoms with E-state index in [2.05, 4.69) is 6.92 Å². The molecule has 2 fully saturated rings. The van der Waals surface area contributed by atoms with Crippen molar-refractivity contribution in [2.24, 2.45) is 5.92 Å². The van der Waals surface area contributed by atoms with Gasteiger partial charge in [0.05, 0.1) is 12.2 Å². The third-order valence-corrected chi connectivity index (χ3v) is 3.16. The van der Waals surface area contributed by atoms with E-state index in [9.17, 15) is 4.79 Å². The van der Waals surface area contributed by atoms with Crippen LogP contribution in [0.15, 0.2) is 0 Å². The predicted octanol–water partition coefficient (Wildman–Crippen LogP) is 2.31. The smallest absolute Gasteiger partial charge is 0.135 e. The Labute approximate surface area is 79.7 Å². The largest absolute Gasteiger partial charge is 0.374 e. The fourth-order valence-electron chi connectivity index (χ4n) is 2.10. The monoisotopic (exact) mass is 182 g/mol. The van der Waals surface area contributed by atoms with Crippen LogP contribution in [-0.4, -0.2) is 18.0 Å². The van der Waals surface area contributed by atoms with E-state index in [1.807, 2.05) is 0 Å². The standard InChI is InChI=1S/C11H18O2/c1-2-8-3-4-9(12)7-11(8)13-10-5-6-10/h8,10-11H,2-7H2,1H3. The second-order valence-corrected chi connectivity index (χ2v) is 4.32. The first-order chi connectivity index (χ1) is 6.29. The summed E-state index contributed by atoms with van der Waals surface area (Å²) in [5.41, 5.74) is 0. The lowest BCUT2D eigenvalue weighted by molar-refractivity contribution is -0.127. The molecule has 2 nitrogen and oxygen atoms in total. The first kappa shape index (κ1) is 9.20. The lowest BCUT2D eigenvalue weighted by Crippen LogP contribution is -2.32. The topological polar surface area (TPSA) is 26.3 Å². The highest BCUT2D eigenvalue weighted by Gasteiger charge is 2.33. The molecule has 2 aliphatic rings. The van der Waals surface area contributed by atoms with Gasteiger partial charge in [-0.2, -0.15) is 0 Å². The summed E-state index contributed by atoms with van der Waals surface area (Å²) in [6.45, 7) is 2.20. The van der Waals surface area contributed by atoms with Crippen LogP contribution in [0.25, 0.3) is 0 Å². The second kappa shape index (κ2) is 3.79. The number of hydrogen-bond acceptors (Lipinski definition) is 2. The fourth-order valence-corrected chi connectivity index (χ4v) is 2.10. The molecule has 74 valence electrons. The molecule has 0 aliphatic heterocycles. The van der Waals surface area contributed by atoms with Crippen LogP contribution in [-0.2, 0) is 9.53 Å². The Kier molecular flexibility index (Phi) is 2.68. The molecule has 0 heterocycles. The molecule has 0 amide bonds. The van der Waals surface area contributed by atoms with Gasteiger partial charge >= 0.3 is 0 Å². The summed E-state index contributed by atoms with van der Waals surface area (Å²) in [4.78, 5) is 11.3. The second-order valence-electron chi connectivity index (χ2n) is 4.32. The minimum Gasteiger partial charge on any atom is -0.374 e. The van der Waals surface area contributed by atoms with Gasteiger partial charge in [0, 0.05) is 12.8 Å². The molecule has 0 bridgehead atoms. The Morgan fingerprint density at radius 2 is 2.15 bits per heavy atom. The zero-order valence-corrected chi connectivity index (χ0v) is 8.29. The maximum atomic E-state index is 11.3. The Balaban J connectivity index is 1.89. The van der Waals surface area contributed by atoms with Gasteiger partial charge in [-0.1, -0.05) is 13.3 Å². The molecule has 2 rings (SSSR count). The highest BCUT2D eigenvalue weighted by Crippen LogP contribution is 2.33. The first-order valence-corrected chi connectivity index (χ1v) is 5.46. The number of ether oxygens (including phenoxy) is 1. The Morgan fingerprint density at radius 3 is 2.77 bits per heavy atom. The zero-order chi connectivity index (χ0) is 9.26. The van der Waals surface area contributed by atoms with Gasteiger partial charge < -0.3 is 4.74 Å². The summed E-state index contributed by atoms with van der Waals surface area (Å²) >= 11 is 0. The summed E-state index contributed by atoms with van der Waals surface area (Å²) in [7, 11) is 0. The molecule has 0 aromatic heterocycles. The summed E-state index contributed by atoms with van der Waals surface area (Å²) in [6, 6.07) is 0. The number of hydrogen-bond donors (Lipinski definition) is 0. The van der Waals surface area contributed by atoms with Crippen LogP contribution in [0.3, 0.4) is 0 Å². The molecule has 0 aromatic carbocycles. The first-order valence-electron chi connectivity index (χ1n) is 5.46. The van der Waals surface area contributed by atoms with Crippen LogP contribution in [0.5, 0.6) is 0 Å². The summed E-state index contributed by atoms with van der Waals surface area (Å²) in [5, 5.41) is 0. The molecule has 13 heavy (non-hydrogen) atoms. The van der Waals surface area contributed by atoms with E-state index in [4.69, 9.17) is 4.74 Å². The highest BCUT2D eigenvalue weighted by molar-refractivity contribution is 5.79. The normalized spacial score (nSPS) is 35.0. The molecule has 0 N–H and O–H groups in total. The number of Topliss-reactive ketones (excluding diaryl/α,β-unsaturated/α-hetero) is 1. The van der Waals surface area contributed by atoms with E-state index < -0.39 is 0 Å². The number of rotatable bonds is 3. The van der Waals surface area contributed by atoms with Gasteiger partial charge in [-0.05, 0) is 25.2 Å². The van der Waals surface area contributed by atoms with Crippen LogP contribution in [0.1, 0.15) is 45.4 Å². The lowest BCUT2D eigenvalue weighted by Gasteiger charge is -2.29. The average molecular weight is 182 g/mol. The van der Waals surface area contributed by atoms with Crippen molar-refractivity contribution in [2.75, 3.05) is 0 Å². The average Bonchev–Trinajstić information content (AvgIpc) is 2.89. The summed E-state index contributed by atoms with van der Waals surface area (Å²) in [6.07, 6.45) is 6.82. The molecular formula is C11H18O2. The molecule has 0 spiro atoms. The quantitative estimate of drug-likeness (QED) is 0.669. The van der Waals surface area contributed by atoms with Gasteiger partial charge in [0.15, 0.2) is 0 Å². The Bertz CT molecular complexity index is 196. The minimum absolute atomic E-state index is 0.249. The van der Waals surface area contributed by atoms with E-state index in [0.717, 1.165) is 19.3 Å². The Morgan fingerprint density at radius 1 is 1.38 bits per heavy atom. The van der Waals surface area contributed by atoms with Crippen LogP contribution >= 0.6 is 0 Å². The van der Waals surface area contributed by atoms with E-state index in [0.29, 0.717) is 24.2 Å². The van der Waals surface area contributed by atoms with Gasteiger partial charge in [0.25, 0.3) is 0 Å². The van der Waals surface area contributed by atoms with E-state index in [1.54, 1.807) is 0 Å². The van der Waals surface area contributed by atoms with E-state index in [-0.39, 0.29) is 6.10 Å². The van der Waals surface area contributed by atoms with Gasteiger partial charge in [0.2, 0.25) is 0 Å². The van der Waals surface area contributed by atoms with Crippen molar-refractivity contribution < 1.29 is 9.53 Å². The van der Waals surface area contributed by atoms with Gasteiger partial charge in [-0.25, -0.2) is 0 Å². The van der Waals surface area contributed by atoms with Crippen molar-refractivity contribution in [1.29, 1.82) is 0 Å². The van der Waals surface area contributed by atoms with Crippen molar-refractivity contribution in [3.8, 4) is 0 Å². The van der Waals surface area contributed by atoms with Gasteiger partial charge in [-0.15, -0.1) is 0 Å². The van der Waals surface area contributed by atoms with Crippen molar-refractivity contribution >= 4 is 5.78 Å². The predicted molar refractivity (Wildman–Crippen MR) is 50.5 cm³/mol. The van der Waals surface area contributed by atoms with Crippen molar-refractivity contribution in [3.05, 3.63) is 0 Å². The maximum Gasteiger partial charge on any atom is 0.135 e. The van der Waals surface area contributed by atoms with Crippen LogP contribution in [0, 0.1) is 5.92 Å². The van der Waals surface area contributed by atoms with Crippen LogP contribution in [0.2, 0.25) is 0 Å². The fraction of sp³-hybridized carbons (Fsp3) is 0.909. The molecule has 2 atom stereocenters. The van der Waals surface area contributed by atoms with Crippen LogP contribution in [0.4, 0.5) is 0 Å². The molecule has 2 unspecified atom stereocenters. The third kappa shape index (κ3) is 2.31. The van der Waals surface area contributed by atoms with E-state index >= 15 is 0 Å². The van der Waals surface area contributed by atoms with Crippen LogP contribution < -0.4 is 0 Å². The summed E-state index contributed by atoms with van der Waals surface area (Å²) in [5.74, 6) is 1.04. The molecule has 2 aliphatic carbocycles. The molecular weight excluding hydrogens is 164 g/mol. The van der Waals surface area contributed by atoms with Gasteiger partial charge in [0.1, 0.15) is 5.78 Å². The Hall–Kier alpha value is -0.370. The third-order valence-electron chi connectivity index (χ3n) is 3.16. The maximum absolute atomic E-state index is 11.3. The minimum atomic E-state index is 0.249. The molecule has 0 radical (unpaired) electrons. The van der Waals surface area contributed by atoms with Crippen molar-refractivity contribution in [1.82, 2.24) is 0 Å². The summed E-state index contributed by atoms with van der Waals surface area (Å²) < 4.78 is 5.86.